The molecule has 0 N–H and O–H groups in total. The Morgan fingerprint density at radius 1 is 0.594 bits per heavy atom. The Morgan fingerprint density at radius 2 is 1.09 bits per heavy atom. The van der Waals surface area contributed by atoms with E-state index in [1.54, 1.807) is 0 Å². The molecule has 0 amide bonds. The van der Waals surface area contributed by atoms with Crippen LogP contribution in [-0.2, 0) is 6.42 Å². The molecular formula is C29H30FOP. The van der Waals surface area contributed by atoms with Crippen LogP contribution in [0.4, 0.5) is 4.39 Å². The van der Waals surface area contributed by atoms with Crippen LogP contribution in [0, 0.1) is 0 Å². The summed E-state index contributed by atoms with van der Waals surface area (Å²) in [5, 5.41) is 4.18. The summed E-state index contributed by atoms with van der Waals surface area (Å²) in [6.07, 6.45) is 3.29. The number of alkyl halides is 1. The molecule has 0 aliphatic carbocycles. The molecule has 4 aromatic carbocycles. The van der Waals surface area contributed by atoms with E-state index in [2.05, 4.69) is 103 Å². The van der Waals surface area contributed by atoms with Crippen LogP contribution in [0.5, 0.6) is 5.75 Å². The second-order valence-electron chi connectivity index (χ2n) is 8.04. The Labute approximate surface area is 191 Å². The molecule has 0 radical (unpaired) electrons. The van der Waals surface area contributed by atoms with E-state index in [1.807, 2.05) is 12.1 Å². The summed E-state index contributed by atoms with van der Waals surface area (Å²) in [4.78, 5) is 0. The average Bonchev–Trinajstić information content (AvgIpc) is 2.88. The van der Waals surface area contributed by atoms with Crippen LogP contribution < -0.4 is 20.7 Å². The normalized spacial score (nSPS) is 11.8. The summed E-state index contributed by atoms with van der Waals surface area (Å²) in [5.74, 6) is 0.722. The molecule has 0 fully saturated rings. The van der Waals surface area contributed by atoms with Crippen molar-refractivity contribution in [2.24, 2.45) is 0 Å². The Bertz CT molecular complexity index is 1030. The fourth-order valence-corrected chi connectivity index (χ4v) is 9.40. The van der Waals surface area contributed by atoms with E-state index >= 15 is 0 Å². The minimum atomic E-state index is -2.26. The van der Waals surface area contributed by atoms with Crippen molar-refractivity contribution in [3.05, 3.63) is 121 Å². The van der Waals surface area contributed by atoms with Gasteiger partial charge in [0, 0.05) is 0 Å². The molecule has 0 saturated heterocycles. The maximum absolute atomic E-state index is 12.6. The number of halogens is 1. The molecular weight excluding hydrogens is 414 g/mol. The summed E-state index contributed by atoms with van der Waals surface area (Å²) >= 11 is 0. The molecule has 1 nitrogen and oxygen atoms in total. The van der Waals surface area contributed by atoms with Gasteiger partial charge in [0.2, 0.25) is 0 Å². The summed E-state index contributed by atoms with van der Waals surface area (Å²) < 4.78 is 18.1. The molecule has 164 valence electrons. The molecule has 0 atom stereocenters. The van der Waals surface area contributed by atoms with Gasteiger partial charge in [-0.25, -0.2) is 0 Å². The fourth-order valence-electron chi connectivity index (χ4n) is 4.57. The predicted octanol–water partition coefficient (Wildman–Crippen LogP) is 5.69. The maximum atomic E-state index is 12.6. The second-order valence-corrected chi connectivity index (χ2v) is 12.1. The molecule has 0 aromatic heterocycles. The first-order valence-electron chi connectivity index (χ1n) is 11.3. The zero-order valence-corrected chi connectivity index (χ0v) is 19.3. The van der Waals surface area contributed by atoms with Crippen LogP contribution in [0.15, 0.2) is 115 Å². The minimum absolute atomic E-state index is 0.0936. The number of aryl methyl sites for hydroxylation is 1. The van der Waals surface area contributed by atoms with Crippen LogP contribution in [0.25, 0.3) is 0 Å². The molecule has 4 rings (SSSR count). The number of hydrogen-bond acceptors (Lipinski definition) is 1. The van der Waals surface area contributed by atoms with Crippen molar-refractivity contribution < 1.29 is 9.13 Å². The van der Waals surface area contributed by atoms with E-state index in [1.165, 1.54) is 21.5 Å². The van der Waals surface area contributed by atoms with Gasteiger partial charge in [-0.1, -0.05) is 0 Å². The van der Waals surface area contributed by atoms with Gasteiger partial charge in [-0.05, 0) is 0 Å². The van der Waals surface area contributed by atoms with Gasteiger partial charge in [0.15, 0.2) is 0 Å². The molecule has 0 aliphatic rings. The predicted molar refractivity (Wildman–Crippen MR) is 138 cm³/mol. The summed E-state index contributed by atoms with van der Waals surface area (Å²) in [6, 6.07) is 41.0. The van der Waals surface area contributed by atoms with Crippen LogP contribution in [-0.4, -0.2) is 19.4 Å². The standard InChI is InChI=1S/C29H30FOP/c30-22-23-31-26-18-20-29(21-19-26)32(27-14-6-2-7-15-27,28-16-8-3-9-17-28)24-10-13-25-11-4-1-5-12-25/h1-9,11-12,14-21,32H,10,13,22-24H2. The van der Waals surface area contributed by atoms with Crippen molar-refractivity contribution in [1.82, 2.24) is 0 Å². The molecule has 0 spiro atoms. The summed E-state index contributed by atoms with van der Waals surface area (Å²) in [5.41, 5.74) is 1.38. The van der Waals surface area contributed by atoms with Gasteiger partial charge in [-0.15, -0.1) is 0 Å². The van der Waals surface area contributed by atoms with Crippen molar-refractivity contribution in [2.75, 3.05) is 19.4 Å². The number of rotatable bonds is 10. The number of ether oxygens (including phenoxy) is 1. The first kappa shape index (κ1) is 22.2. The third kappa shape index (κ3) is 5.09. The Kier molecular flexibility index (Phi) is 7.69. The van der Waals surface area contributed by atoms with Crippen molar-refractivity contribution in [1.29, 1.82) is 0 Å². The SMILES string of the molecule is FCCOc1ccc([PH](CCCc2ccccc2)(c2ccccc2)c2ccccc2)cc1. The van der Waals surface area contributed by atoms with Gasteiger partial charge < -0.3 is 0 Å². The van der Waals surface area contributed by atoms with Gasteiger partial charge in [-0.2, -0.15) is 0 Å². The molecule has 3 heteroatoms. The van der Waals surface area contributed by atoms with Gasteiger partial charge in [0.25, 0.3) is 0 Å². The van der Waals surface area contributed by atoms with Gasteiger partial charge in [-0.3, -0.25) is 0 Å². The molecule has 32 heavy (non-hydrogen) atoms. The summed E-state index contributed by atoms with van der Waals surface area (Å²) in [7, 11) is -2.26. The van der Waals surface area contributed by atoms with Crippen molar-refractivity contribution in [2.45, 2.75) is 12.8 Å². The topological polar surface area (TPSA) is 9.23 Å². The van der Waals surface area contributed by atoms with E-state index in [4.69, 9.17) is 4.74 Å². The monoisotopic (exact) mass is 444 g/mol. The van der Waals surface area contributed by atoms with E-state index < -0.39 is 13.9 Å². The third-order valence-corrected chi connectivity index (χ3v) is 11.1. The molecule has 0 saturated carbocycles. The quantitative estimate of drug-likeness (QED) is 0.285. The van der Waals surface area contributed by atoms with E-state index in [0.29, 0.717) is 0 Å². The molecule has 4 aromatic rings. The van der Waals surface area contributed by atoms with Crippen LogP contribution in [0.2, 0.25) is 0 Å². The zero-order chi connectivity index (χ0) is 22.1. The molecule has 0 bridgehead atoms. The van der Waals surface area contributed by atoms with Crippen molar-refractivity contribution in [3.63, 3.8) is 0 Å². The van der Waals surface area contributed by atoms with Gasteiger partial charge in [0.05, 0.1) is 0 Å². The number of benzene rings is 4. The van der Waals surface area contributed by atoms with Crippen LogP contribution >= 0.6 is 7.26 Å². The molecule has 0 heterocycles. The Morgan fingerprint density at radius 3 is 1.62 bits per heavy atom. The first-order valence-corrected chi connectivity index (χ1v) is 13.5. The van der Waals surface area contributed by atoms with Gasteiger partial charge >= 0.3 is 191 Å². The average molecular weight is 445 g/mol. The second kappa shape index (κ2) is 11.1. The van der Waals surface area contributed by atoms with E-state index in [0.717, 1.165) is 24.8 Å². The Balaban J connectivity index is 1.76. The first-order chi connectivity index (χ1) is 15.8. The fraction of sp³-hybridized carbons (Fsp3) is 0.172. The van der Waals surface area contributed by atoms with Crippen LogP contribution in [0.1, 0.15) is 12.0 Å². The van der Waals surface area contributed by atoms with E-state index in [-0.39, 0.29) is 6.61 Å². The van der Waals surface area contributed by atoms with Gasteiger partial charge in [0.1, 0.15) is 0 Å². The zero-order valence-electron chi connectivity index (χ0n) is 18.3. The van der Waals surface area contributed by atoms with Crippen LogP contribution in [0.3, 0.4) is 0 Å². The Hall–Kier alpha value is -2.96. The number of hydrogen-bond donors (Lipinski definition) is 0. The third-order valence-electron chi connectivity index (χ3n) is 6.09. The van der Waals surface area contributed by atoms with Crippen molar-refractivity contribution >= 4 is 23.2 Å². The summed E-state index contributed by atoms with van der Waals surface area (Å²) in [6.45, 7) is -0.385. The molecule has 0 aliphatic heterocycles. The molecule has 0 unspecified atom stereocenters. The van der Waals surface area contributed by atoms with Crippen molar-refractivity contribution in [3.8, 4) is 5.75 Å². The van der Waals surface area contributed by atoms with E-state index in [9.17, 15) is 4.39 Å².